The van der Waals surface area contributed by atoms with Crippen molar-refractivity contribution < 1.29 is 13.9 Å². The Morgan fingerprint density at radius 1 is 1.15 bits per heavy atom. The molecule has 6 nitrogen and oxygen atoms in total. The van der Waals surface area contributed by atoms with E-state index in [-0.39, 0.29) is 11.4 Å². The van der Waals surface area contributed by atoms with Gasteiger partial charge in [-0.05, 0) is 36.4 Å². The second-order valence-corrected chi connectivity index (χ2v) is 5.71. The molecule has 0 bridgehead atoms. The van der Waals surface area contributed by atoms with Crippen LogP contribution in [0.4, 0.5) is 10.2 Å². The second kappa shape index (κ2) is 7.37. The number of primary amides is 1. The van der Waals surface area contributed by atoms with Gasteiger partial charge in [0.1, 0.15) is 17.3 Å². The number of nitrogens with zero attached hydrogens (tertiary/aromatic N) is 2. The fourth-order valence-electron chi connectivity index (χ4n) is 2.19. The van der Waals surface area contributed by atoms with Gasteiger partial charge in [0.15, 0.2) is 17.4 Å². The Morgan fingerprint density at radius 2 is 1.88 bits per heavy atom. The molecular formula is C18H14ClFN4O2. The number of anilines is 1. The Kier molecular flexibility index (Phi) is 4.99. The van der Waals surface area contributed by atoms with Gasteiger partial charge in [0.05, 0.1) is 0 Å². The minimum absolute atomic E-state index is 0.0229. The first-order chi connectivity index (χ1) is 12.5. The smallest absolute Gasteiger partial charge is 0.267 e. The normalized spacial score (nSPS) is 10.4. The van der Waals surface area contributed by atoms with Crippen LogP contribution in [0.1, 0.15) is 10.5 Å². The molecule has 2 aromatic carbocycles. The van der Waals surface area contributed by atoms with E-state index >= 15 is 0 Å². The minimum atomic E-state index is -0.651. The van der Waals surface area contributed by atoms with Gasteiger partial charge in [-0.25, -0.2) is 14.4 Å². The lowest BCUT2D eigenvalue weighted by atomic mass is 10.2. The molecule has 0 spiro atoms. The zero-order valence-corrected chi connectivity index (χ0v) is 14.4. The van der Waals surface area contributed by atoms with Crippen molar-refractivity contribution in [3.05, 3.63) is 65.1 Å². The van der Waals surface area contributed by atoms with Gasteiger partial charge in [0, 0.05) is 29.8 Å². The van der Waals surface area contributed by atoms with Crippen LogP contribution in [0.2, 0.25) is 5.02 Å². The third-order valence-electron chi connectivity index (χ3n) is 3.47. The van der Waals surface area contributed by atoms with Crippen molar-refractivity contribution in [2.45, 2.75) is 0 Å². The Labute approximate surface area is 153 Å². The lowest BCUT2D eigenvalue weighted by Crippen LogP contribution is -2.14. The number of hydrogen-bond acceptors (Lipinski definition) is 5. The lowest BCUT2D eigenvalue weighted by Gasteiger charge is -2.09. The number of amides is 1. The van der Waals surface area contributed by atoms with Gasteiger partial charge in [-0.3, -0.25) is 4.79 Å². The van der Waals surface area contributed by atoms with Gasteiger partial charge >= 0.3 is 0 Å². The maximum Gasteiger partial charge on any atom is 0.267 e. The quantitative estimate of drug-likeness (QED) is 0.709. The molecule has 0 unspecified atom stereocenters. The Morgan fingerprint density at radius 3 is 2.54 bits per heavy atom. The average Bonchev–Trinajstić information content (AvgIpc) is 2.65. The molecule has 0 saturated heterocycles. The van der Waals surface area contributed by atoms with E-state index in [0.717, 1.165) is 0 Å². The molecule has 1 heterocycles. The topological polar surface area (TPSA) is 90.1 Å². The van der Waals surface area contributed by atoms with E-state index in [9.17, 15) is 9.18 Å². The number of halogens is 2. The molecule has 0 atom stereocenters. The van der Waals surface area contributed by atoms with E-state index in [0.29, 0.717) is 28.0 Å². The summed E-state index contributed by atoms with van der Waals surface area (Å²) in [4.78, 5) is 19.8. The Hall–Kier alpha value is -3.19. The highest BCUT2D eigenvalue weighted by Gasteiger charge is 2.11. The minimum Gasteiger partial charge on any atom is -0.454 e. The Balaban J connectivity index is 1.89. The van der Waals surface area contributed by atoms with E-state index in [1.807, 2.05) is 0 Å². The van der Waals surface area contributed by atoms with E-state index in [1.54, 1.807) is 31.3 Å². The van der Waals surface area contributed by atoms with Crippen LogP contribution in [-0.2, 0) is 0 Å². The van der Waals surface area contributed by atoms with E-state index in [1.165, 1.54) is 24.3 Å². The van der Waals surface area contributed by atoms with Gasteiger partial charge in [0.25, 0.3) is 5.91 Å². The summed E-state index contributed by atoms with van der Waals surface area (Å²) in [7, 11) is 1.67. The highest BCUT2D eigenvalue weighted by atomic mass is 35.5. The highest BCUT2D eigenvalue weighted by Crippen LogP contribution is 2.29. The van der Waals surface area contributed by atoms with Crippen molar-refractivity contribution in [1.82, 2.24) is 9.97 Å². The van der Waals surface area contributed by atoms with Gasteiger partial charge in [0.2, 0.25) is 0 Å². The second-order valence-electron chi connectivity index (χ2n) is 5.28. The molecule has 1 aromatic heterocycles. The largest absolute Gasteiger partial charge is 0.454 e. The SMILES string of the molecule is CNc1cc(C(N)=O)nc(-c2ccc(Oc3cc(Cl)ccc3F)cc2)n1. The van der Waals surface area contributed by atoms with Crippen LogP contribution in [0.25, 0.3) is 11.4 Å². The standard InChI is InChI=1S/C18H14ClFN4O2/c1-22-16-9-14(17(21)25)23-18(24-16)10-2-5-12(6-3-10)26-15-8-11(19)4-7-13(15)20/h2-9H,1H3,(H2,21,25)(H,22,23,24). The monoisotopic (exact) mass is 372 g/mol. The third-order valence-corrected chi connectivity index (χ3v) is 3.70. The van der Waals surface area contributed by atoms with Gasteiger partial charge < -0.3 is 15.8 Å². The summed E-state index contributed by atoms with van der Waals surface area (Å²) in [5, 5.41) is 3.22. The van der Waals surface area contributed by atoms with Crippen LogP contribution in [0.5, 0.6) is 11.5 Å². The molecule has 0 radical (unpaired) electrons. The van der Waals surface area contributed by atoms with Crippen LogP contribution in [0.15, 0.2) is 48.5 Å². The predicted octanol–water partition coefficient (Wildman–Crippen LogP) is 3.87. The van der Waals surface area contributed by atoms with Gasteiger partial charge in [-0.2, -0.15) is 0 Å². The molecule has 132 valence electrons. The van der Waals surface area contributed by atoms with Crippen molar-refractivity contribution in [2.75, 3.05) is 12.4 Å². The molecule has 3 rings (SSSR count). The number of rotatable bonds is 5. The molecule has 0 aliphatic heterocycles. The molecule has 0 saturated carbocycles. The number of nitrogens with one attached hydrogen (secondary N) is 1. The maximum atomic E-state index is 13.7. The number of hydrogen-bond donors (Lipinski definition) is 2. The molecule has 3 N–H and O–H groups in total. The van der Waals surface area contributed by atoms with E-state index in [2.05, 4.69) is 15.3 Å². The first-order valence-electron chi connectivity index (χ1n) is 7.56. The average molecular weight is 373 g/mol. The first kappa shape index (κ1) is 17.6. The summed E-state index contributed by atoms with van der Waals surface area (Å²) in [6, 6.07) is 12.2. The van der Waals surface area contributed by atoms with Crippen LogP contribution in [0, 0.1) is 5.82 Å². The maximum absolute atomic E-state index is 13.7. The number of nitrogens with two attached hydrogens (primary N) is 1. The zero-order valence-electron chi connectivity index (χ0n) is 13.7. The third kappa shape index (κ3) is 3.89. The molecule has 1 amide bonds. The number of aromatic nitrogens is 2. The molecule has 26 heavy (non-hydrogen) atoms. The lowest BCUT2D eigenvalue weighted by molar-refractivity contribution is 0.0995. The summed E-state index contributed by atoms with van der Waals surface area (Å²) >= 11 is 5.85. The highest BCUT2D eigenvalue weighted by molar-refractivity contribution is 6.30. The van der Waals surface area contributed by atoms with E-state index in [4.69, 9.17) is 22.1 Å². The summed E-state index contributed by atoms with van der Waals surface area (Å²) in [6.45, 7) is 0. The number of carbonyl (C=O) groups is 1. The van der Waals surface area contributed by atoms with Crippen molar-refractivity contribution in [3.8, 4) is 22.9 Å². The van der Waals surface area contributed by atoms with Crippen molar-refractivity contribution in [3.63, 3.8) is 0 Å². The molecule has 0 aliphatic carbocycles. The van der Waals surface area contributed by atoms with Gasteiger partial charge in [-0.15, -0.1) is 0 Å². The number of carbonyl (C=O) groups excluding carboxylic acids is 1. The number of ether oxygens (including phenoxy) is 1. The van der Waals surface area contributed by atoms with Crippen molar-refractivity contribution in [1.29, 1.82) is 0 Å². The molecule has 8 heteroatoms. The van der Waals surface area contributed by atoms with Crippen LogP contribution in [0.3, 0.4) is 0 Å². The van der Waals surface area contributed by atoms with Crippen LogP contribution < -0.4 is 15.8 Å². The molecule has 3 aromatic rings. The summed E-state index contributed by atoms with van der Waals surface area (Å²) in [5.41, 5.74) is 6.04. The predicted molar refractivity (Wildman–Crippen MR) is 97.0 cm³/mol. The fourth-order valence-corrected chi connectivity index (χ4v) is 2.35. The first-order valence-corrected chi connectivity index (χ1v) is 7.94. The summed E-state index contributed by atoms with van der Waals surface area (Å²) < 4.78 is 19.2. The van der Waals surface area contributed by atoms with Gasteiger partial charge in [-0.1, -0.05) is 11.6 Å². The van der Waals surface area contributed by atoms with Crippen LogP contribution >= 0.6 is 11.6 Å². The van der Waals surface area contributed by atoms with Crippen molar-refractivity contribution >= 4 is 23.3 Å². The fraction of sp³-hybridized carbons (Fsp3) is 0.0556. The molecular weight excluding hydrogens is 359 g/mol. The van der Waals surface area contributed by atoms with E-state index < -0.39 is 11.7 Å². The molecule has 0 aliphatic rings. The van der Waals surface area contributed by atoms with Crippen molar-refractivity contribution in [2.24, 2.45) is 5.73 Å². The summed E-state index contributed by atoms with van der Waals surface area (Å²) in [6.07, 6.45) is 0. The van der Waals surface area contributed by atoms with Crippen LogP contribution in [-0.4, -0.2) is 22.9 Å². The summed E-state index contributed by atoms with van der Waals surface area (Å²) in [5.74, 6) is 0.0527. The molecule has 0 fully saturated rings. The zero-order chi connectivity index (χ0) is 18.7. The number of benzene rings is 2. The Bertz CT molecular complexity index is 964.